The fraction of sp³-hybridized carbons (Fsp3) is 0.217. The highest BCUT2D eigenvalue weighted by Gasteiger charge is 2.33. The second kappa shape index (κ2) is 10.3. The van der Waals surface area contributed by atoms with Gasteiger partial charge in [0.05, 0.1) is 30.1 Å². The lowest BCUT2D eigenvalue weighted by Crippen LogP contribution is -2.20. The molecule has 1 atom stereocenters. The standard InChI is InChI=1S/C23H21F2N3O6S2/c1-14-4-7-16(8-5-14)36(30,31)28-19-9-6-15(34-22(24)25)12-17(19)27-23(28)35(29)13-18-21(33-3)20(32-2)10-11-26-18/h4-12,22H,13H2,1-3H3. The van der Waals surface area contributed by atoms with Crippen molar-refractivity contribution in [3.8, 4) is 17.2 Å². The van der Waals surface area contributed by atoms with Crippen LogP contribution in [0.15, 0.2) is 64.8 Å². The van der Waals surface area contributed by atoms with Crippen molar-refractivity contribution in [3.05, 3.63) is 66.0 Å². The van der Waals surface area contributed by atoms with E-state index in [1.807, 2.05) is 6.92 Å². The Bertz CT molecular complexity index is 1490. The molecule has 36 heavy (non-hydrogen) atoms. The van der Waals surface area contributed by atoms with Gasteiger partial charge < -0.3 is 18.8 Å². The number of hydrogen-bond acceptors (Lipinski definition) is 8. The minimum absolute atomic E-state index is 0.0118. The molecule has 1 unspecified atom stereocenters. The van der Waals surface area contributed by atoms with Crippen molar-refractivity contribution < 1.29 is 36.0 Å². The van der Waals surface area contributed by atoms with E-state index in [0.29, 0.717) is 5.75 Å². The predicted octanol–water partition coefficient (Wildman–Crippen LogP) is 3.90. The predicted molar refractivity (Wildman–Crippen MR) is 128 cm³/mol. The molecular weight excluding hydrogens is 516 g/mol. The third-order valence-electron chi connectivity index (χ3n) is 5.18. The van der Waals surface area contributed by atoms with Gasteiger partial charge in [0.2, 0.25) is 0 Å². The van der Waals surface area contributed by atoms with Crippen molar-refractivity contribution in [1.29, 1.82) is 0 Å². The average molecular weight is 538 g/mol. The summed E-state index contributed by atoms with van der Waals surface area (Å²) in [6, 6.07) is 11.3. The van der Waals surface area contributed by atoms with Crippen LogP contribution in [-0.4, -0.2) is 47.7 Å². The summed E-state index contributed by atoms with van der Waals surface area (Å²) in [5.74, 6) is 0.121. The zero-order chi connectivity index (χ0) is 26.0. The van der Waals surface area contributed by atoms with E-state index < -0.39 is 27.8 Å². The summed E-state index contributed by atoms with van der Waals surface area (Å²) in [6.07, 6.45) is 1.44. The first-order valence-electron chi connectivity index (χ1n) is 10.4. The molecule has 0 fully saturated rings. The summed E-state index contributed by atoms with van der Waals surface area (Å²) in [5.41, 5.74) is 1.16. The molecule has 9 nitrogen and oxygen atoms in total. The quantitative estimate of drug-likeness (QED) is 0.295. The Morgan fingerprint density at radius 3 is 2.44 bits per heavy atom. The third kappa shape index (κ3) is 4.94. The molecular formula is C23H21F2N3O6S2. The summed E-state index contributed by atoms with van der Waals surface area (Å²) in [4.78, 5) is 8.38. The molecule has 0 aliphatic heterocycles. The zero-order valence-electron chi connectivity index (χ0n) is 19.3. The smallest absolute Gasteiger partial charge is 0.387 e. The molecule has 4 rings (SSSR count). The van der Waals surface area contributed by atoms with Crippen LogP contribution >= 0.6 is 0 Å². The molecule has 0 aliphatic rings. The minimum atomic E-state index is -4.28. The lowest BCUT2D eigenvalue weighted by atomic mass is 10.2. The number of fused-ring (bicyclic) bond motifs is 1. The van der Waals surface area contributed by atoms with Crippen molar-refractivity contribution in [2.45, 2.75) is 29.3 Å². The second-order valence-corrected chi connectivity index (χ2v) is 10.6. The van der Waals surface area contributed by atoms with E-state index in [9.17, 15) is 21.8 Å². The van der Waals surface area contributed by atoms with Crippen LogP contribution in [0.2, 0.25) is 0 Å². The highest BCUT2D eigenvalue weighted by atomic mass is 32.2. The van der Waals surface area contributed by atoms with Crippen LogP contribution in [0.1, 0.15) is 11.3 Å². The van der Waals surface area contributed by atoms with Crippen molar-refractivity contribution in [3.63, 3.8) is 0 Å². The Balaban J connectivity index is 1.87. The molecule has 0 saturated heterocycles. The number of benzene rings is 2. The van der Waals surface area contributed by atoms with Crippen LogP contribution < -0.4 is 14.2 Å². The van der Waals surface area contributed by atoms with Gasteiger partial charge in [0.25, 0.3) is 10.0 Å². The van der Waals surface area contributed by atoms with Crippen LogP contribution in [0.5, 0.6) is 17.2 Å². The highest BCUT2D eigenvalue weighted by molar-refractivity contribution is 7.93. The van der Waals surface area contributed by atoms with Gasteiger partial charge in [0, 0.05) is 29.5 Å². The molecule has 0 amide bonds. The van der Waals surface area contributed by atoms with Crippen molar-refractivity contribution >= 4 is 32.2 Å². The second-order valence-electron chi connectivity index (χ2n) is 7.49. The SMILES string of the molecule is COc1ccnc(C[S+]([O-])c2nc3cc(OC(F)F)ccc3n2S(=O)(=O)c2ccc(C)cc2)c1OC. The number of aromatic nitrogens is 3. The number of ether oxygens (including phenoxy) is 3. The van der Waals surface area contributed by atoms with Crippen LogP contribution in [0.4, 0.5) is 8.78 Å². The number of alkyl halides is 2. The van der Waals surface area contributed by atoms with Gasteiger partial charge in [-0.15, -0.1) is 0 Å². The van der Waals surface area contributed by atoms with E-state index in [4.69, 9.17) is 9.47 Å². The van der Waals surface area contributed by atoms with Gasteiger partial charge >= 0.3 is 11.8 Å². The van der Waals surface area contributed by atoms with E-state index >= 15 is 0 Å². The van der Waals surface area contributed by atoms with Gasteiger partial charge in [-0.2, -0.15) is 17.7 Å². The highest BCUT2D eigenvalue weighted by Crippen LogP contribution is 2.34. The molecule has 2 heterocycles. The lowest BCUT2D eigenvalue weighted by Gasteiger charge is -2.15. The first-order chi connectivity index (χ1) is 17.1. The number of nitrogens with zero attached hydrogens (tertiary/aromatic N) is 3. The molecule has 0 bridgehead atoms. The van der Waals surface area contributed by atoms with E-state index in [1.165, 1.54) is 44.7 Å². The minimum Gasteiger partial charge on any atom is -0.609 e. The number of methoxy groups -OCH3 is 2. The van der Waals surface area contributed by atoms with Crippen LogP contribution in [-0.2, 0) is 27.0 Å². The van der Waals surface area contributed by atoms with Crippen LogP contribution in [0, 0.1) is 6.92 Å². The fourth-order valence-electron chi connectivity index (χ4n) is 3.53. The average Bonchev–Trinajstić information content (AvgIpc) is 3.23. The normalized spacial score (nSPS) is 12.6. The number of rotatable bonds is 9. The lowest BCUT2D eigenvalue weighted by molar-refractivity contribution is -0.0497. The first-order valence-corrected chi connectivity index (χ1v) is 13.2. The first kappa shape index (κ1) is 25.7. The number of hydrogen-bond donors (Lipinski definition) is 0. The topological polar surface area (TPSA) is 116 Å². The maximum Gasteiger partial charge on any atom is 0.387 e. The van der Waals surface area contributed by atoms with Gasteiger partial charge in [-0.1, -0.05) is 17.7 Å². The maximum absolute atomic E-state index is 13.7. The molecule has 0 aliphatic carbocycles. The summed E-state index contributed by atoms with van der Waals surface area (Å²) >= 11 is -2.06. The van der Waals surface area contributed by atoms with Crippen LogP contribution in [0.3, 0.4) is 0 Å². The van der Waals surface area contributed by atoms with Gasteiger partial charge in [-0.25, -0.2) is 8.42 Å². The van der Waals surface area contributed by atoms with Gasteiger partial charge in [0.15, 0.2) is 17.3 Å². The monoisotopic (exact) mass is 537 g/mol. The fourth-order valence-corrected chi connectivity index (χ4v) is 6.49. The summed E-state index contributed by atoms with van der Waals surface area (Å²) in [5, 5.41) is -0.313. The zero-order valence-corrected chi connectivity index (χ0v) is 21.0. The third-order valence-corrected chi connectivity index (χ3v) is 8.23. The summed E-state index contributed by atoms with van der Waals surface area (Å²) in [7, 11) is -1.44. The Kier molecular flexibility index (Phi) is 7.33. The van der Waals surface area contributed by atoms with E-state index in [-0.39, 0.29) is 44.0 Å². The van der Waals surface area contributed by atoms with Crippen molar-refractivity contribution in [2.75, 3.05) is 14.2 Å². The van der Waals surface area contributed by atoms with E-state index in [1.54, 1.807) is 18.2 Å². The molecule has 0 spiro atoms. The Hall–Kier alpha value is -3.42. The van der Waals surface area contributed by atoms with Crippen LogP contribution in [0.25, 0.3) is 11.0 Å². The largest absolute Gasteiger partial charge is 0.609 e. The van der Waals surface area contributed by atoms with Gasteiger partial charge in [-0.3, -0.25) is 4.98 Å². The summed E-state index contributed by atoms with van der Waals surface area (Å²) in [6.45, 7) is -1.27. The Morgan fingerprint density at radius 1 is 1.08 bits per heavy atom. The van der Waals surface area contributed by atoms with Crippen molar-refractivity contribution in [1.82, 2.24) is 13.9 Å². The molecule has 4 aromatic rings. The maximum atomic E-state index is 13.7. The van der Waals surface area contributed by atoms with Gasteiger partial charge in [-0.05, 0) is 31.2 Å². The molecule has 0 radical (unpaired) electrons. The molecule has 0 saturated carbocycles. The number of aryl methyl sites for hydroxylation is 1. The van der Waals surface area contributed by atoms with Gasteiger partial charge in [0.1, 0.15) is 11.4 Å². The summed E-state index contributed by atoms with van der Waals surface area (Å²) < 4.78 is 82.2. The molecule has 2 aromatic heterocycles. The Labute approximate surface area is 208 Å². The molecule has 0 N–H and O–H groups in total. The Morgan fingerprint density at radius 2 is 1.81 bits per heavy atom. The molecule has 190 valence electrons. The molecule has 13 heteroatoms. The van der Waals surface area contributed by atoms with E-state index in [2.05, 4.69) is 14.7 Å². The molecule has 2 aromatic carbocycles. The number of pyridine rings is 1. The van der Waals surface area contributed by atoms with Crippen molar-refractivity contribution in [2.24, 2.45) is 0 Å². The number of imidazole rings is 1. The van der Waals surface area contributed by atoms with E-state index in [0.717, 1.165) is 15.6 Å². The number of halogens is 2.